The topological polar surface area (TPSA) is 106 Å². The van der Waals surface area contributed by atoms with E-state index in [2.05, 4.69) is 15.6 Å². The molecule has 1 aliphatic heterocycles. The molecule has 4 rings (SSSR count). The summed E-state index contributed by atoms with van der Waals surface area (Å²) in [5.41, 5.74) is 0.270. The van der Waals surface area contributed by atoms with E-state index in [4.69, 9.17) is 4.74 Å². The molecule has 3 amide bonds. The van der Waals surface area contributed by atoms with Crippen LogP contribution in [0.1, 0.15) is 72.5 Å². The quantitative estimate of drug-likeness (QED) is 0.573. The number of carbonyl (C=O) groups excluding carboxylic acids is 3. The number of amides is 3. The zero-order valence-corrected chi connectivity index (χ0v) is 20.8. The fourth-order valence-corrected chi connectivity index (χ4v) is 5.14. The molecule has 0 saturated heterocycles. The number of rotatable bonds is 9. The lowest BCUT2D eigenvalue weighted by molar-refractivity contribution is -0.133. The number of nitrogens with zero attached hydrogens (tertiary/aromatic N) is 3. The van der Waals surface area contributed by atoms with Gasteiger partial charge in [-0.3, -0.25) is 14.4 Å². The number of fused-ring (bicyclic) bond motifs is 1. The van der Waals surface area contributed by atoms with Crippen LogP contribution in [0.4, 0.5) is 0 Å². The molecule has 1 aromatic carbocycles. The fraction of sp³-hybridized carbons (Fsp3) is 0.538. The van der Waals surface area contributed by atoms with E-state index in [-0.39, 0.29) is 35.8 Å². The summed E-state index contributed by atoms with van der Waals surface area (Å²) in [6.45, 7) is 4.84. The second-order valence-electron chi connectivity index (χ2n) is 9.57. The minimum atomic E-state index is -1.04. The maximum absolute atomic E-state index is 13.6. The zero-order valence-electron chi connectivity index (χ0n) is 20.8. The summed E-state index contributed by atoms with van der Waals surface area (Å²) in [6, 6.07) is 7.81. The van der Waals surface area contributed by atoms with Crippen LogP contribution < -0.4 is 15.4 Å². The molecule has 1 unspecified atom stereocenters. The van der Waals surface area contributed by atoms with E-state index in [0.29, 0.717) is 25.9 Å². The average molecular weight is 482 g/mol. The van der Waals surface area contributed by atoms with E-state index in [1.165, 1.54) is 6.33 Å². The summed E-state index contributed by atoms with van der Waals surface area (Å²) in [7, 11) is 1.62. The van der Waals surface area contributed by atoms with Gasteiger partial charge in [-0.1, -0.05) is 38.0 Å². The number of carbonyl (C=O) groups is 3. The van der Waals surface area contributed by atoms with Gasteiger partial charge in [0.25, 0.3) is 11.8 Å². The highest BCUT2D eigenvalue weighted by Gasteiger charge is 2.48. The summed E-state index contributed by atoms with van der Waals surface area (Å²) in [6.07, 6.45) is 6.94. The van der Waals surface area contributed by atoms with Crippen molar-refractivity contribution in [3.63, 3.8) is 0 Å². The number of nitrogens with one attached hydrogen (secondary N) is 2. The van der Waals surface area contributed by atoms with Gasteiger partial charge in [0.2, 0.25) is 5.91 Å². The average Bonchev–Trinajstić information content (AvgIpc) is 3.52. The maximum Gasteiger partial charge on any atom is 0.273 e. The molecule has 2 aliphatic rings. The molecule has 35 heavy (non-hydrogen) atoms. The first-order valence-electron chi connectivity index (χ1n) is 12.5. The molecule has 1 saturated carbocycles. The third-order valence-electron chi connectivity index (χ3n) is 7.07. The van der Waals surface area contributed by atoms with Gasteiger partial charge < -0.3 is 24.8 Å². The standard InChI is InChI=1S/C26H35N5O4/c1-4-15-31-24(33)22-21(23(32)27-14-13-18-9-5-8-12-20(18)35-3)28-17-30(22)16-26(31,2)25(34)29-19-10-6-7-11-19/h5,8-9,12,17,19H,4,6-7,10-11,13-16H2,1-3H3,(H,27,32)(H,29,34). The summed E-state index contributed by atoms with van der Waals surface area (Å²) < 4.78 is 7.02. The predicted octanol–water partition coefficient (Wildman–Crippen LogP) is 2.55. The Hall–Kier alpha value is -3.36. The molecular weight excluding hydrogens is 446 g/mol. The lowest BCUT2D eigenvalue weighted by atomic mass is 9.93. The Kier molecular flexibility index (Phi) is 7.42. The molecular formula is C26H35N5O4. The van der Waals surface area contributed by atoms with Crippen molar-refractivity contribution in [3.8, 4) is 5.75 Å². The van der Waals surface area contributed by atoms with Gasteiger partial charge in [0.1, 0.15) is 17.0 Å². The van der Waals surface area contributed by atoms with E-state index in [1.807, 2.05) is 31.2 Å². The largest absolute Gasteiger partial charge is 0.496 e. The number of methoxy groups -OCH3 is 1. The molecule has 0 spiro atoms. The highest BCUT2D eigenvalue weighted by atomic mass is 16.5. The SMILES string of the molecule is CCCN1C(=O)c2c(C(=O)NCCc3ccccc3OC)ncn2CC1(C)C(=O)NC1CCCC1. The molecule has 9 heteroatoms. The molecule has 188 valence electrons. The number of benzene rings is 1. The molecule has 9 nitrogen and oxygen atoms in total. The van der Waals surface area contributed by atoms with Gasteiger partial charge in [-0.05, 0) is 44.2 Å². The summed E-state index contributed by atoms with van der Waals surface area (Å²) in [5.74, 6) is -0.123. The summed E-state index contributed by atoms with van der Waals surface area (Å²) in [4.78, 5) is 45.9. The van der Waals surface area contributed by atoms with Gasteiger partial charge >= 0.3 is 0 Å². The van der Waals surface area contributed by atoms with E-state index >= 15 is 0 Å². The first kappa shape index (κ1) is 24.8. The van der Waals surface area contributed by atoms with Gasteiger partial charge in [0, 0.05) is 19.1 Å². The van der Waals surface area contributed by atoms with Gasteiger partial charge in [-0.15, -0.1) is 0 Å². The second kappa shape index (κ2) is 10.5. The molecule has 0 bridgehead atoms. The number of imidazole rings is 1. The Morgan fingerprint density at radius 2 is 1.97 bits per heavy atom. The molecule has 1 fully saturated rings. The van der Waals surface area contributed by atoms with Crippen molar-refractivity contribution in [2.24, 2.45) is 0 Å². The first-order chi connectivity index (χ1) is 16.9. The van der Waals surface area contributed by atoms with E-state index in [0.717, 1.165) is 37.0 Å². The minimum absolute atomic E-state index is 0.0920. The number of hydrogen-bond donors (Lipinski definition) is 2. The zero-order chi connectivity index (χ0) is 25.0. The van der Waals surface area contributed by atoms with Crippen molar-refractivity contribution in [1.29, 1.82) is 0 Å². The van der Waals surface area contributed by atoms with Crippen molar-refractivity contribution in [3.05, 3.63) is 47.5 Å². The Labute approximate surface area is 206 Å². The van der Waals surface area contributed by atoms with E-state index in [1.54, 1.807) is 23.5 Å². The molecule has 2 N–H and O–H groups in total. The lowest BCUT2D eigenvalue weighted by Crippen LogP contribution is -2.65. The van der Waals surface area contributed by atoms with Crippen LogP contribution in [0.2, 0.25) is 0 Å². The van der Waals surface area contributed by atoms with Crippen LogP contribution in [-0.4, -0.2) is 64.0 Å². The Bertz CT molecular complexity index is 1090. The molecule has 2 aromatic rings. The summed E-state index contributed by atoms with van der Waals surface area (Å²) >= 11 is 0. The smallest absolute Gasteiger partial charge is 0.273 e. The number of aromatic nitrogens is 2. The van der Waals surface area contributed by atoms with Crippen LogP contribution >= 0.6 is 0 Å². The Morgan fingerprint density at radius 3 is 2.69 bits per heavy atom. The number of para-hydroxylation sites is 1. The van der Waals surface area contributed by atoms with Gasteiger partial charge in [-0.25, -0.2) is 4.98 Å². The highest BCUT2D eigenvalue weighted by Crippen LogP contribution is 2.30. The minimum Gasteiger partial charge on any atom is -0.496 e. The molecule has 0 radical (unpaired) electrons. The third kappa shape index (κ3) is 4.90. The van der Waals surface area contributed by atoms with E-state index < -0.39 is 11.4 Å². The molecule has 2 heterocycles. The van der Waals surface area contributed by atoms with Crippen LogP contribution in [0.5, 0.6) is 5.75 Å². The fourth-order valence-electron chi connectivity index (χ4n) is 5.14. The molecule has 1 atom stereocenters. The monoisotopic (exact) mass is 481 g/mol. The van der Waals surface area contributed by atoms with Gasteiger partial charge in [-0.2, -0.15) is 0 Å². The Morgan fingerprint density at radius 1 is 1.23 bits per heavy atom. The highest BCUT2D eigenvalue weighted by molar-refractivity contribution is 6.07. The Balaban J connectivity index is 1.50. The van der Waals surface area contributed by atoms with Crippen LogP contribution in [-0.2, 0) is 17.8 Å². The second-order valence-corrected chi connectivity index (χ2v) is 9.57. The number of ether oxygens (including phenoxy) is 1. The normalized spacial score (nSPS) is 20.0. The van der Waals surface area contributed by atoms with Crippen LogP contribution in [0.15, 0.2) is 30.6 Å². The van der Waals surface area contributed by atoms with Crippen molar-refractivity contribution in [2.75, 3.05) is 20.2 Å². The van der Waals surface area contributed by atoms with Crippen LogP contribution in [0, 0.1) is 0 Å². The van der Waals surface area contributed by atoms with Gasteiger partial charge in [0.05, 0.1) is 20.0 Å². The summed E-state index contributed by atoms with van der Waals surface area (Å²) in [5, 5.41) is 6.03. The van der Waals surface area contributed by atoms with Crippen molar-refractivity contribution in [1.82, 2.24) is 25.1 Å². The van der Waals surface area contributed by atoms with Crippen molar-refractivity contribution in [2.45, 2.75) is 70.5 Å². The maximum atomic E-state index is 13.6. The molecule has 1 aliphatic carbocycles. The lowest BCUT2D eigenvalue weighted by Gasteiger charge is -2.44. The van der Waals surface area contributed by atoms with E-state index in [9.17, 15) is 14.4 Å². The third-order valence-corrected chi connectivity index (χ3v) is 7.07. The predicted molar refractivity (Wildman–Crippen MR) is 131 cm³/mol. The van der Waals surface area contributed by atoms with Crippen LogP contribution in [0.25, 0.3) is 0 Å². The first-order valence-corrected chi connectivity index (χ1v) is 12.5. The molecule has 1 aromatic heterocycles. The number of hydrogen-bond acceptors (Lipinski definition) is 5. The van der Waals surface area contributed by atoms with Crippen LogP contribution in [0.3, 0.4) is 0 Å². The van der Waals surface area contributed by atoms with Gasteiger partial charge in [0.15, 0.2) is 5.69 Å². The van der Waals surface area contributed by atoms with Crippen molar-refractivity contribution >= 4 is 17.7 Å². The van der Waals surface area contributed by atoms with Crippen molar-refractivity contribution < 1.29 is 19.1 Å².